The summed E-state index contributed by atoms with van der Waals surface area (Å²) in [5.74, 6) is -0.0500. The number of aliphatic hydroxyl groups excluding tert-OH is 1. The van der Waals surface area contributed by atoms with Crippen molar-refractivity contribution in [2.45, 2.75) is 19.0 Å². The zero-order valence-corrected chi connectivity index (χ0v) is 12.7. The summed E-state index contributed by atoms with van der Waals surface area (Å²) in [6.45, 7) is 0.886. The van der Waals surface area contributed by atoms with Crippen LogP contribution in [-0.2, 0) is 11.3 Å². The molecule has 0 aliphatic rings. The first kappa shape index (κ1) is 17.4. The van der Waals surface area contributed by atoms with Crippen molar-refractivity contribution in [1.82, 2.24) is 10.6 Å². The van der Waals surface area contributed by atoms with Gasteiger partial charge < -0.3 is 16.2 Å². The number of aliphatic imine (C=N–C) groups is 1. The van der Waals surface area contributed by atoms with E-state index in [1.807, 2.05) is 12.1 Å². The third kappa shape index (κ3) is 6.12. The maximum Gasteiger partial charge on any atom is 0.244 e. The summed E-state index contributed by atoms with van der Waals surface area (Å²) in [4.78, 5) is 15.9. The lowest BCUT2D eigenvalue weighted by Crippen LogP contribution is -2.52. The van der Waals surface area contributed by atoms with Crippen LogP contribution in [0.4, 0.5) is 0 Å². The maximum absolute atomic E-state index is 12.1. The van der Waals surface area contributed by atoms with E-state index in [4.69, 9.17) is 22.4 Å². The van der Waals surface area contributed by atoms with Crippen LogP contribution in [0.15, 0.2) is 29.3 Å². The summed E-state index contributed by atoms with van der Waals surface area (Å²) in [5, 5.41) is 15.1. The van der Waals surface area contributed by atoms with E-state index in [-0.39, 0.29) is 18.3 Å². The highest BCUT2D eigenvalue weighted by atomic mass is 35.5. The summed E-state index contributed by atoms with van der Waals surface area (Å²) in [6.07, 6.45) is 0.499. The summed E-state index contributed by atoms with van der Waals surface area (Å²) in [7, 11) is 1.54. The number of amides is 1. The van der Waals surface area contributed by atoms with Gasteiger partial charge in [-0.25, -0.2) is 0 Å². The number of carbonyl (C=O) groups is 1. The number of aliphatic hydroxyl groups is 1. The van der Waals surface area contributed by atoms with Crippen LogP contribution in [0.2, 0.25) is 5.02 Å². The quantitative estimate of drug-likeness (QED) is 0.315. The number of hydrogen-bond donors (Lipinski definition) is 4. The molecule has 0 saturated heterocycles. The van der Waals surface area contributed by atoms with Crippen molar-refractivity contribution in [2.24, 2.45) is 10.7 Å². The first-order valence-corrected chi connectivity index (χ1v) is 7.04. The van der Waals surface area contributed by atoms with Crippen molar-refractivity contribution >= 4 is 23.3 Å². The molecule has 21 heavy (non-hydrogen) atoms. The van der Waals surface area contributed by atoms with Crippen molar-refractivity contribution in [3.8, 4) is 0 Å². The Balaban J connectivity index is 2.61. The molecular formula is C14H21ClN4O2. The molecule has 0 heterocycles. The number of carbonyl (C=O) groups excluding carboxylic acids is 1. The van der Waals surface area contributed by atoms with Crippen molar-refractivity contribution in [3.05, 3.63) is 34.9 Å². The predicted octanol–water partition coefficient (Wildman–Crippen LogP) is 0.284. The van der Waals surface area contributed by atoms with Gasteiger partial charge >= 0.3 is 0 Å². The van der Waals surface area contributed by atoms with Gasteiger partial charge in [0.05, 0.1) is 0 Å². The van der Waals surface area contributed by atoms with E-state index in [1.165, 1.54) is 7.05 Å². The van der Waals surface area contributed by atoms with Gasteiger partial charge in [0.2, 0.25) is 5.91 Å². The van der Waals surface area contributed by atoms with Gasteiger partial charge in [-0.3, -0.25) is 15.1 Å². The average Bonchev–Trinajstić information content (AvgIpc) is 2.49. The standard InChI is InChI=1S/C14H21ClN4O2/c1-17-13(16)12(14(21)18-7-2-8-20)19-9-10-3-5-11(15)6-4-10/h3-6,12,19-20H,2,7-9H2,1H3,(H2,16,17)(H,18,21). The molecule has 1 aromatic carbocycles. The summed E-state index contributed by atoms with van der Waals surface area (Å²) in [6, 6.07) is 6.60. The highest BCUT2D eigenvalue weighted by molar-refractivity contribution is 6.30. The normalized spacial score (nSPS) is 13.0. The van der Waals surface area contributed by atoms with E-state index in [1.54, 1.807) is 12.1 Å². The average molecular weight is 313 g/mol. The minimum atomic E-state index is -0.704. The number of nitrogens with one attached hydrogen (secondary N) is 2. The van der Waals surface area contributed by atoms with Gasteiger partial charge in [0, 0.05) is 31.8 Å². The van der Waals surface area contributed by atoms with Crippen LogP contribution in [0.5, 0.6) is 0 Å². The van der Waals surface area contributed by atoms with E-state index in [2.05, 4.69) is 15.6 Å². The van der Waals surface area contributed by atoms with Crippen molar-refractivity contribution in [2.75, 3.05) is 20.2 Å². The Labute approximate surface area is 129 Å². The van der Waals surface area contributed by atoms with Crippen LogP contribution in [0.3, 0.4) is 0 Å². The number of hydrogen-bond acceptors (Lipinski definition) is 4. The van der Waals surface area contributed by atoms with Crippen LogP contribution in [-0.4, -0.2) is 43.1 Å². The first-order chi connectivity index (χ1) is 10.1. The second-order valence-corrected chi connectivity index (χ2v) is 4.89. The molecule has 1 aromatic rings. The monoisotopic (exact) mass is 312 g/mol. The highest BCUT2D eigenvalue weighted by Crippen LogP contribution is 2.09. The van der Waals surface area contributed by atoms with E-state index >= 15 is 0 Å². The number of benzene rings is 1. The lowest BCUT2D eigenvalue weighted by molar-refractivity contribution is -0.121. The zero-order chi connectivity index (χ0) is 15.7. The molecule has 0 aliphatic heterocycles. The zero-order valence-electron chi connectivity index (χ0n) is 12.0. The predicted molar refractivity (Wildman–Crippen MR) is 84.3 cm³/mol. The number of amidine groups is 1. The van der Waals surface area contributed by atoms with Crippen molar-refractivity contribution in [1.29, 1.82) is 0 Å². The molecule has 1 rings (SSSR count). The molecule has 1 amide bonds. The Morgan fingerprint density at radius 1 is 1.43 bits per heavy atom. The molecule has 5 N–H and O–H groups in total. The summed E-state index contributed by atoms with van der Waals surface area (Å²) >= 11 is 5.82. The molecular weight excluding hydrogens is 292 g/mol. The Bertz CT molecular complexity index is 476. The number of nitrogens with two attached hydrogens (primary N) is 1. The lowest BCUT2D eigenvalue weighted by atomic mass is 10.2. The third-order valence-corrected chi connectivity index (χ3v) is 3.13. The topological polar surface area (TPSA) is 99.7 Å². The van der Waals surface area contributed by atoms with E-state index in [0.29, 0.717) is 24.5 Å². The minimum absolute atomic E-state index is 0.0283. The number of rotatable bonds is 8. The van der Waals surface area contributed by atoms with Crippen LogP contribution in [0, 0.1) is 0 Å². The Kier molecular flexibility index (Phi) is 7.74. The number of halogens is 1. The maximum atomic E-state index is 12.1. The van der Waals surface area contributed by atoms with Gasteiger partial charge in [0.1, 0.15) is 11.9 Å². The fraction of sp³-hybridized carbons (Fsp3) is 0.429. The van der Waals surface area contributed by atoms with Gasteiger partial charge in [-0.15, -0.1) is 0 Å². The van der Waals surface area contributed by atoms with Crippen LogP contribution in [0.1, 0.15) is 12.0 Å². The van der Waals surface area contributed by atoms with Crippen LogP contribution < -0.4 is 16.4 Å². The molecule has 1 atom stereocenters. The molecule has 116 valence electrons. The molecule has 0 aromatic heterocycles. The molecule has 1 unspecified atom stereocenters. The van der Waals surface area contributed by atoms with E-state index in [0.717, 1.165) is 5.56 Å². The molecule has 0 saturated carbocycles. The summed E-state index contributed by atoms with van der Waals surface area (Å²) in [5.41, 5.74) is 6.75. The molecule has 0 bridgehead atoms. The smallest absolute Gasteiger partial charge is 0.244 e. The van der Waals surface area contributed by atoms with Crippen molar-refractivity contribution < 1.29 is 9.90 Å². The second kappa shape index (κ2) is 9.33. The molecule has 0 spiro atoms. The fourth-order valence-corrected chi connectivity index (χ4v) is 1.80. The summed E-state index contributed by atoms with van der Waals surface area (Å²) < 4.78 is 0. The third-order valence-electron chi connectivity index (χ3n) is 2.87. The second-order valence-electron chi connectivity index (χ2n) is 4.46. The molecule has 7 heteroatoms. The van der Waals surface area contributed by atoms with Gasteiger partial charge in [-0.1, -0.05) is 23.7 Å². The van der Waals surface area contributed by atoms with Crippen molar-refractivity contribution in [3.63, 3.8) is 0 Å². The van der Waals surface area contributed by atoms with E-state index in [9.17, 15) is 4.79 Å². The Morgan fingerprint density at radius 3 is 2.67 bits per heavy atom. The minimum Gasteiger partial charge on any atom is -0.396 e. The highest BCUT2D eigenvalue weighted by Gasteiger charge is 2.21. The molecule has 0 radical (unpaired) electrons. The van der Waals surface area contributed by atoms with Crippen LogP contribution in [0.25, 0.3) is 0 Å². The Morgan fingerprint density at radius 2 is 2.10 bits per heavy atom. The van der Waals surface area contributed by atoms with Gasteiger partial charge in [0.15, 0.2) is 0 Å². The number of nitrogens with zero attached hydrogens (tertiary/aromatic N) is 1. The van der Waals surface area contributed by atoms with Crippen LogP contribution >= 0.6 is 11.6 Å². The largest absolute Gasteiger partial charge is 0.396 e. The fourth-order valence-electron chi connectivity index (χ4n) is 1.68. The molecule has 0 fully saturated rings. The Hall–Kier alpha value is -1.63. The van der Waals surface area contributed by atoms with E-state index < -0.39 is 6.04 Å². The van der Waals surface area contributed by atoms with Gasteiger partial charge in [-0.2, -0.15) is 0 Å². The van der Waals surface area contributed by atoms with Gasteiger partial charge in [-0.05, 0) is 24.1 Å². The molecule has 0 aliphatic carbocycles. The molecule has 6 nitrogen and oxygen atoms in total. The SMILES string of the molecule is CN=C(N)C(NCc1ccc(Cl)cc1)C(=O)NCCCO. The van der Waals surface area contributed by atoms with Gasteiger partial charge in [0.25, 0.3) is 0 Å². The lowest BCUT2D eigenvalue weighted by Gasteiger charge is -2.18. The first-order valence-electron chi connectivity index (χ1n) is 6.67.